The highest BCUT2D eigenvalue weighted by atomic mass is 35.5. The lowest BCUT2D eigenvalue weighted by molar-refractivity contribution is 0.208. The fourth-order valence-electron chi connectivity index (χ4n) is 3.01. The molecule has 0 radical (unpaired) electrons. The van der Waals surface area contributed by atoms with Crippen LogP contribution < -0.4 is 10.2 Å². The van der Waals surface area contributed by atoms with Gasteiger partial charge in [0.15, 0.2) is 0 Å². The molecular weight excluding hydrogens is 322 g/mol. The van der Waals surface area contributed by atoms with Gasteiger partial charge in [-0.3, -0.25) is 0 Å². The van der Waals surface area contributed by atoms with Gasteiger partial charge in [-0.1, -0.05) is 35.9 Å². The van der Waals surface area contributed by atoms with E-state index < -0.39 is 0 Å². The lowest BCUT2D eigenvalue weighted by atomic mass is 10.1. The van der Waals surface area contributed by atoms with Gasteiger partial charge in [0.25, 0.3) is 0 Å². The third kappa shape index (κ3) is 3.49. The summed E-state index contributed by atoms with van der Waals surface area (Å²) in [6.07, 6.45) is 0. The highest BCUT2D eigenvalue weighted by molar-refractivity contribution is 6.31. The molecule has 24 heavy (non-hydrogen) atoms. The summed E-state index contributed by atoms with van der Waals surface area (Å²) in [6.45, 7) is 7.13. The van der Waals surface area contributed by atoms with Gasteiger partial charge in [-0.05, 0) is 43.2 Å². The fourth-order valence-corrected chi connectivity index (χ4v) is 3.18. The van der Waals surface area contributed by atoms with Crippen LogP contribution >= 0.6 is 11.6 Å². The van der Waals surface area contributed by atoms with E-state index >= 15 is 0 Å². The van der Waals surface area contributed by atoms with Crippen LogP contribution in [0.5, 0.6) is 0 Å². The molecule has 126 valence electrons. The molecule has 3 rings (SSSR count). The van der Waals surface area contributed by atoms with Crippen molar-refractivity contribution in [1.82, 2.24) is 4.90 Å². The van der Waals surface area contributed by atoms with Gasteiger partial charge in [0.2, 0.25) is 0 Å². The molecule has 0 aliphatic carbocycles. The molecule has 0 aromatic heterocycles. The summed E-state index contributed by atoms with van der Waals surface area (Å²) in [6, 6.07) is 13.9. The Bertz CT molecular complexity index is 739. The van der Waals surface area contributed by atoms with E-state index in [0.29, 0.717) is 18.1 Å². The van der Waals surface area contributed by atoms with Crippen LogP contribution in [0.1, 0.15) is 11.1 Å². The van der Waals surface area contributed by atoms with E-state index in [2.05, 4.69) is 41.4 Å². The zero-order chi connectivity index (χ0) is 17.1. The molecule has 1 saturated heterocycles. The molecule has 0 spiro atoms. The van der Waals surface area contributed by atoms with E-state index in [0.717, 1.165) is 24.3 Å². The number of nitrogens with one attached hydrogen (secondary N) is 1. The highest BCUT2D eigenvalue weighted by Crippen LogP contribution is 2.24. The molecule has 5 heteroatoms. The van der Waals surface area contributed by atoms with Gasteiger partial charge < -0.3 is 15.1 Å². The number of nitrogens with zero attached hydrogens (tertiary/aromatic N) is 2. The third-order valence-electron chi connectivity index (χ3n) is 4.53. The van der Waals surface area contributed by atoms with Crippen molar-refractivity contribution in [3.05, 3.63) is 58.6 Å². The van der Waals surface area contributed by atoms with E-state index in [-0.39, 0.29) is 6.03 Å². The molecule has 1 fully saturated rings. The summed E-state index contributed by atoms with van der Waals surface area (Å²) in [4.78, 5) is 16.7. The summed E-state index contributed by atoms with van der Waals surface area (Å²) in [7, 11) is 0. The average molecular weight is 344 g/mol. The predicted octanol–water partition coefficient (Wildman–Crippen LogP) is 4.31. The van der Waals surface area contributed by atoms with Crippen molar-refractivity contribution < 1.29 is 4.79 Å². The van der Waals surface area contributed by atoms with E-state index in [1.807, 2.05) is 30.0 Å². The van der Waals surface area contributed by atoms with Crippen molar-refractivity contribution in [3.8, 4) is 0 Å². The Morgan fingerprint density at radius 1 is 1.00 bits per heavy atom. The number of urea groups is 1. The molecule has 1 N–H and O–H groups in total. The number of halogens is 1. The second kappa shape index (κ2) is 7.14. The summed E-state index contributed by atoms with van der Waals surface area (Å²) >= 11 is 6.11. The lowest BCUT2D eigenvalue weighted by Crippen LogP contribution is -2.50. The Morgan fingerprint density at radius 2 is 1.71 bits per heavy atom. The van der Waals surface area contributed by atoms with Gasteiger partial charge in [0.05, 0.1) is 0 Å². The summed E-state index contributed by atoms with van der Waals surface area (Å²) in [5.74, 6) is 0. The molecule has 4 nitrogen and oxygen atoms in total. The summed E-state index contributed by atoms with van der Waals surface area (Å²) < 4.78 is 0. The molecule has 1 aliphatic rings. The number of benzene rings is 2. The maximum absolute atomic E-state index is 12.5. The molecule has 0 bridgehead atoms. The monoisotopic (exact) mass is 343 g/mol. The molecule has 1 heterocycles. The second-order valence-electron chi connectivity index (χ2n) is 6.10. The Hall–Kier alpha value is -2.20. The first-order valence-corrected chi connectivity index (χ1v) is 8.55. The minimum absolute atomic E-state index is 0.0650. The number of anilines is 2. The molecule has 2 amide bonds. The van der Waals surface area contributed by atoms with Crippen LogP contribution in [-0.2, 0) is 0 Å². The minimum Gasteiger partial charge on any atom is -0.368 e. The maximum atomic E-state index is 12.5. The number of carbonyl (C=O) groups is 1. The van der Waals surface area contributed by atoms with Gasteiger partial charge in [-0.25, -0.2) is 4.79 Å². The number of piperazine rings is 1. The zero-order valence-electron chi connectivity index (χ0n) is 14.1. The van der Waals surface area contributed by atoms with Crippen LogP contribution in [0.4, 0.5) is 16.2 Å². The normalized spacial score (nSPS) is 14.6. The number of para-hydroxylation sites is 1. The van der Waals surface area contributed by atoms with E-state index in [9.17, 15) is 4.79 Å². The van der Waals surface area contributed by atoms with Crippen LogP contribution in [0.25, 0.3) is 0 Å². The van der Waals surface area contributed by atoms with Gasteiger partial charge in [-0.2, -0.15) is 0 Å². The Balaban J connectivity index is 1.61. The van der Waals surface area contributed by atoms with Crippen LogP contribution in [-0.4, -0.2) is 37.1 Å². The first-order chi connectivity index (χ1) is 11.6. The molecule has 0 saturated carbocycles. The predicted molar refractivity (Wildman–Crippen MR) is 100 cm³/mol. The Kier molecular flexibility index (Phi) is 4.95. The quantitative estimate of drug-likeness (QED) is 0.881. The van der Waals surface area contributed by atoms with E-state index in [4.69, 9.17) is 11.6 Å². The summed E-state index contributed by atoms with van der Waals surface area (Å²) in [5, 5.41) is 3.63. The van der Waals surface area contributed by atoms with Gasteiger partial charge in [0.1, 0.15) is 0 Å². The van der Waals surface area contributed by atoms with Gasteiger partial charge in [-0.15, -0.1) is 0 Å². The van der Waals surface area contributed by atoms with E-state index in [1.165, 1.54) is 11.3 Å². The molecule has 0 atom stereocenters. The van der Waals surface area contributed by atoms with Crippen LogP contribution in [0.2, 0.25) is 5.02 Å². The average Bonchev–Trinajstić information content (AvgIpc) is 2.59. The number of aryl methyl sites for hydroxylation is 1. The number of hydrogen-bond acceptors (Lipinski definition) is 2. The van der Waals surface area contributed by atoms with Gasteiger partial charge in [0, 0.05) is 42.6 Å². The second-order valence-corrected chi connectivity index (χ2v) is 6.51. The topological polar surface area (TPSA) is 35.6 Å². The highest BCUT2D eigenvalue weighted by Gasteiger charge is 2.22. The maximum Gasteiger partial charge on any atom is 0.321 e. The molecule has 2 aromatic carbocycles. The molecule has 0 unspecified atom stereocenters. The van der Waals surface area contributed by atoms with Crippen molar-refractivity contribution in [3.63, 3.8) is 0 Å². The zero-order valence-corrected chi connectivity index (χ0v) is 14.8. The summed E-state index contributed by atoms with van der Waals surface area (Å²) in [5.41, 5.74) is 4.19. The minimum atomic E-state index is -0.0650. The van der Waals surface area contributed by atoms with Crippen LogP contribution in [0.3, 0.4) is 0 Å². The SMILES string of the molecule is Cc1ccccc1N1CCN(C(=O)Nc2cccc(Cl)c2C)CC1. The fraction of sp³-hybridized carbons (Fsp3) is 0.316. The number of carbonyl (C=O) groups excluding carboxylic acids is 1. The molecular formula is C19H22ClN3O. The van der Waals surface area contributed by atoms with Crippen molar-refractivity contribution in [2.24, 2.45) is 0 Å². The Morgan fingerprint density at radius 3 is 2.42 bits per heavy atom. The van der Waals surface area contributed by atoms with Crippen molar-refractivity contribution >= 4 is 29.0 Å². The smallest absolute Gasteiger partial charge is 0.321 e. The lowest BCUT2D eigenvalue weighted by Gasteiger charge is -2.36. The first-order valence-electron chi connectivity index (χ1n) is 8.18. The van der Waals surface area contributed by atoms with Crippen molar-refractivity contribution in [2.75, 3.05) is 36.4 Å². The molecule has 1 aliphatic heterocycles. The van der Waals surface area contributed by atoms with Crippen LogP contribution in [0.15, 0.2) is 42.5 Å². The van der Waals surface area contributed by atoms with Crippen molar-refractivity contribution in [2.45, 2.75) is 13.8 Å². The standard InChI is InChI=1S/C19H22ClN3O/c1-14-6-3-4-9-18(14)22-10-12-23(13-11-22)19(24)21-17-8-5-7-16(20)15(17)2/h3-9H,10-13H2,1-2H3,(H,21,24). The Labute approximate surface area is 148 Å². The number of rotatable bonds is 2. The third-order valence-corrected chi connectivity index (χ3v) is 4.94. The van der Waals surface area contributed by atoms with E-state index in [1.54, 1.807) is 0 Å². The van der Waals surface area contributed by atoms with Crippen LogP contribution in [0, 0.1) is 13.8 Å². The van der Waals surface area contributed by atoms with Gasteiger partial charge >= 0.3 is 6.03 Å². The van der Waals surface area contributed by atoms with Crippen molar-refractivity contribution in [1.29, 1.82) is 0 Å². The number of hydrogen-bond donors (Lipinski definition) is 1. The largest absolute Gasteiger partial charge is 0.368 e. The number of amides is 2. The first kappa shape index (κ1) is 16.7. The molecule has 2 aromatic rings.